The Morgan fingerprint density at radius 2 is 2.11 bits per heavy atom. The van der Waals surface area contributed by atoms with E-state index in [-0.39, 0.29) is 17.5 Å². The summed E-state index contributed by atoms with van der Waals surface area (Å²) in [4.78, 5) is 34.2. The van der Waals surface area contributed by atoms with E-state index >= 15 is 0 Å². The standard InChI is InChI=1S/C17H16F2N6O2/c18-13(19)10-7-24(8-17(10)1-2-17)12-5-11(23-25-4-3-20-14(12)25)9-6-21-16(27)22-15(9)26/h3-6,10,13H,1-2,7-8H2,(H2,21,22,26,27). The van der Waals surface area contributed by atoms with Crippen LogP contribution in [0.15, 0.2) is 34.2 Å². The first kappa shape index (κ1) is 16.2. The lowest BCUT2D eigenvalue weighted by Gasteiger charge is -2.20. The molecule has 2 N–H and O–H groups in total. The lowest BCUT2D eigenvalue weighted by atomic mass is 9.93. The topological polar surface area (TPSA) is 99.2 Å². The average Bonchev–Trinajstić information content (AvgIpc) is 3.06. The largest absolute Gasteiger partial charge is 0.367 e. The molecule has 1 unspecified atom stereocenters. The smallest absolute Gasteiger partial charge is 0.325 e. The number of alkyl halides is 2. The summed E-state index contributed by atoms with van der Waals surface area (Å²) in [5.74, 6) is -0.666. The molecule has 4 heterocycles. The molecule has 1 aliphatic heterocycles. The highest BCUT2D eigenvalue weighted by Crippen LogP contribution is 2.58. The van der Waals surface area contributed by atoms with Gasteiger partial charge >= 0.3 is 5.69 Å². The third kappa shape index (κ3) is 2.47. The molecule has 3 aromatic heterocycles. The molecule has 1 atom stereocenters. The molecule has 3 aromatic rings. The first-order valence-electron chi connectivity index (χ1n) is 8.67. The molecule has 1 aliphatic carbocycles. The molecular weight excluding hydrogens is 358 g/mol. The monoisotopic (exact) mass is 374 g/mol. The summed E-state index contributed by atoms with van der Waals surface area (Å²) in [6.07, 6.45) is 3.75. The van der Waals surface area contributed by atoms with Gasteiger partial charge in [0.25, 0.3) is 5.56 Å². The Morgan fingerprint density at radius 1 is 1.30 bits per heavy atom. The maximum atomic E-state index is 13.5. The van der Waals surface area contributed by atoms with Crippen LogP contribution in [0.25, 0.3) is 16.9 Å². The van der Waals surface area contributed by atoms with Gasteiger partial charge in [0.2, 0.25) is 6.43 Å². The van der Waals surface area contributed by atoms with Crippen molar-refractivity contribution in [2.24, 2.45) is 11.3 Å². The highest BCUT2D eigenvalue weighted by Gasteiger charge is 2.58. The van der Waals surface area contributed by atoms with Crippen LogP contribution in [0, 0.1) is 11.3 Å². The van der Waals surface area contributed by atoms with E-state index in [0.29, 0.717) is 23.6 Å². The molecule has 5 rings (SSSR count). The maximum Gasteiger partial charge on any atom is 0.325 e. The number of hydrogen-bond acceptors (Lipinski definition) is 5. The molecule has 0 aromatic carbocycles. The van der Waals surface area contributed by atoms with Crippen molar-refractivity contribution in [3.05, 3.63) is 45.5 Å². The van der Waals surface area contributed by atoms with Crippen LogP contribution in [-0.2, 0) is 0 Å². The molecule has 2 aliphatic rings. The zero-order valence-corrected chi connectivity index (χ0v) is 14.2. The minimum atomic E-state index is -2.36. The maximum absolute atomic E-state index is 13.5. The fourth-order valence-corrected chi connectivity index (χ4v) is 4.08. The zero-order valence-electron chi connectivity index (χ0n) is 14.2. The van der Waals surface area contributed by atoms with Gasteiger partial charge < -0.3 is 9.88 Å². The molecule has 8 nitrogen and oxygen atoms in total. The molecule has 140 valence electrons. The lowest BCUT2D eigenvalue weighted by Crippen LogP contribution is -2.24. The SMILES string of the molecule is O=c1[nH]cc(-c2cc(N3CC(C(F)F)C4(CC4)C3)c3nccn3n2)c(=O)[nH]1. The van der Waals surface area contributed by atoms with Gasteiger partial charge in [-0.25, -0.2) is 23.1 Å². The van der Waals surface area contributed by atoms with Crippen molar-refractivity contribution in [2.45, 2.75) is 19.3 Å². The Labute approximate surface area is 150 Å². The molecule has 1 saturated carbocycles. The number of nitrogens with one attached hydrogen (secondary N) is 2. The summed E-state index contributed by atoms with van der Waals surface area (Å²) in [6, 6.07) is 1.68. The third-order valence-corrected chi connectivity index (χ3v) is 5.68. The number of hydrogen-bond donors (Lipinski definition) is 2. The Morgan fingerprint density at radius 3 is 2.78 bits per heavy atom. The van der Waals surface area contributed by atoms with Crippen LogP contribution in [0.4, 0.5) is 14.5 Å². The average molecular weight is 374 g/mol. The fraction of sp³-hybridized carbons (Fsp3) is 0.412. The molecule has 0 radical (unpaired) electrons. The summed E-state index contributed by atoms with van der Waals surface area (Å²) < 4.78 is 28.5. The van der Waals surface area contributed by atoms with Crippen LogP contribution in [-0.4, -0.2) is 44.1 Å². The van der Waals surface area contributed by atoms with Gasteiger partial charge in [0.15, 0.2) is 5.65 Å². The van der Waals surface area contributed by atoms with Gasteiger partial charge in [-0.2, -0.15) is 5.10 Å². The second-order valence-corrected chi connectivity index (χ2v) is 7.28. The molecular formula is C17H16F2N6O2. The number of nitrogens with zero attached hydrogens (tertiary/aromatic N) is 4. The van der Waals surface area contributed by atoms with Gasteiger partial charge in [-0.15, -0.1) is 0 Å². The van der Waals surface area contributed by atoms with E-state index in [1.54, 1.807) is 18.5 Å². The van der Waals surface area contributed by atoms with Gasteiger partial charge in [0.1, 0.15) is 5.69 Å². The van der Waals surface area contributed by atoms with Crippen molar-refractivity contribution >= 4 is 11.3 Å². The van der Waals surface area contributed by atoms with Crippen molar-refractivity contribution in [3.8, 4) is 11.3 Å². The second kappa shape index (κ2) is 5.48. The van der Waals surface area contributed by atoms with Gasteiger partial charge in [-0.1, -0.05) is 0 Å². The van der Waals surface area contributed by atoms with Gasteiger partial charge in [0.05, 0.1) is 11.3 Å². The number of halogens is 2. The van der Waals surface area contributed by atoms with E-state index in [1.165, 1.54) is 10.7 Å². The predicted octanol–water partition coefficient (Wildman–Crippen LogP) is 1.25. The number of aromatic amines is 2. The normalized spacial score (nSPS) is 20.9. The number of H-pyrrole nitrogens is 2. The summed E-state index contributed by atoms with van der Waals surface area (Å²) in [6.45, 7) is 0.779. The number of aromatic nitrogens is 5. The van der Waals surface area contributed by atoms with E-state index in [2.05, 4.69) is 20.1 Å². The Kier molecular flexibility index (Phi) is 3.28. The molecule has 0 amide bonds. The lowest BCUT2D eigenvalue weighted by molar-refractivity contribution is 0.0581. The van der Waals surface area contributed by atoms with Gasteiger partial charge in [-0.05, 0) is 24.3 Å². The molecule has 1 spiro atoms. The van der Waals surface area contributed by atoms with E-state index in [4.69, 9.17) is 0 Å². The van der Waals surface area contributed by atoms with Crippen LogP contribution in [0.1, 0.15) is 12.8 Å². The van der Waals surface area contributed by atoms with E-state index in [9.17, 15) is 18.4 Å². The Hall–Kier alpha value is -3.04. The predicted molar refractivity (Wildman–Crippen MR) is 93.0 cm³/mol. The zero-order chi connectivity index (χ0) is 18.8. The summed E-state index contributed by atoms with van der Waals surface area (Å²) in [7, 11) is 0. The minimum Gasteiger partial charge on any atom is -0.367 e. The van der Waals surface area contributed by atoms with Crippen LogP contribution in [0.5, 0.6) is 0 Å². The van der Waals surface area contributed by atoms with E-state index in [1.807, 2.05) is 4.90 Å². The summed E-state index contributed by atoms with van der Waals surface area (Å²) in [5.41, 5.74) is 0.229. The van der Waals surface area contributed by atoms with E-state index in [0.717, 1.165) is 12.8 Å². The van der Waals surface area contributed by atoms with E-state index < -0.39 is 23.6 Å². The van der Waals surface area contributed by atoms with Crippen LogP contribution in [0.3, 0.4) is 0 Å². The van der Waals surface area contributed by atoms with Crippen molar-refractivity contribution in [3.63, 3.8) is 0 Å². The number of rotatable bonds is 3. The first-order chi connectivity index (χ1) is 13.0. The fourth-order valence-electron chi connectivity index (χ4n) is 4.08. The summed E-state index contributed by atoms with van der Waals surface area (Å²) >= 11 is 0. The quantitative estimate of drug-likeness (QED) is 0.719. The van der Waals surface area contributed by atoms with Gasteiger partial charge in [0, 0.05) is 37.6 Å². The van der Waals surface area contributed by atoms with Crippen LogP contribution in [0.2, 0.25) is 0 Å². The highest BCUT2D eigenvalue weighted by molar-refractivity contribution is 5.74. The second-order valence-electron chi connectivity index (χ2n) is 7.28. The Bertz CT molecular complexity index is 1150. The van der Waals surface area contributed by atoms with Crippen molar-refractivity contribution < 1.29 is 8.78 Å². The molecule has 1 saturated heterocycles. The molecule has 0 bridgehead atoms. The van der Waals surface area contributed by atoms with Crippen molar-refractivity contribution in [1.82, 2.24) is 24.6 Å². The number of imidazole rings is 1. The van der Waals surface area contributed by atoms with Crippen LogP contribution >= 0.6 is 0 Å². The molecule has 27 heavy (non-hydrogen) atoms. The Balaban J connectivity index is 1.63. The van der Waals surface area contributed by atoms with Crippen molar-refractivity contribution in [2.75, 3.05) is 18.0 Å². The third-order valence-electron chi connectivity index (χ3n) is 5.68. The summed E-state index contributed by atoms with van der Waals surface area (Å²) in [5, 5.41) is 4.37. The van der Waals surface area contributed by atoms with Gasteiger partial charge in [-0.3, -0.25) is 9.78 Å². The number of anilines is 1. The van der Waals surface area contributed by atoms with Crippen molar-refractivity contribution in [1.29, 1.82) is 0 Å². The number of fused-ring (bicyclic) bond motifs is 1. The molecule has 2 fully saturated rings. The minimum absolute atomic E-state index is 0.192. The highest BCUT2D eigenvalue weighted by atomic mass is 19.3. The molecule has 10 heteroatoms. The first-order valence-corrected chi connectivity index (χ1v) is 8.67. The van der Waals surface area contributed by atoms with Crippen LogP contribution < -0.4 is 16.1 Å².